The molecular weight excluding hydrogens is 450 g/mol. The van der Waals surface area contributed by atoms with Gasteiger partial charge in [-0.1, -0.05) is 37.6 Å². The highest BCUT2D eigenvalue weighted by atomic mass is 16.5. The topological polar surface area (TPSA) is 66.6 Å². The first kappa shape index (κ1) is 26.1. The molecule has 1 aromatic heterocycles. The minimum atomic E-state index is -0.104. The number of aromatic amines is 1. The van der Waals surface area contributed by atoms with Gasteiger partial charge in [-0.25, -0.2) is 0 Å². The molecule has 2 heterocycles. The number of ether oxygens (including phenoxy) is 2. The normalized spacial score (nSPS) is 17.2. The van der Waals surface area contributed by atoms with Gasteiger partial charge in [-0.2, -0.15) is 0 Å². The van der Waals surface area contributed by atoms with Gasteiger partial charge in [0.2, 0.25) is 5.91 Å². The molecule has 0 bridgehead atoms. The largest absolute Gasteiger partial charge is 0.493 e. The van der Waals surface area contributed by atoms with E-state index in [0.29, 0.717) is 30.5 Å². The number of aromatic nitrogens is 1. The number of nitrogens with one attached hydrogen (secondary N) is 2. The average Bonchev–Trinajstić information content (AvgIpc) is 3.34. The maximum absolute atomic E-state index is 13.2. The lowest BCUT2D eigenvalue weighted by Crippen LogP contribution is -2.39. The quantitative estimate of drug-likeness (QED) is 0.340. The van der Waals surface area contributed by atoms with E-state index in [2.05, 4.69) is 53.4 Å². The van der Waals surface area contributed by atoms with Crippen molar-refractivity contribution < 1.29 is 14.3 Å². The summed E-state index contributed by atoms with van der Waals surface area (Å²) in [5.74, 6) is 1.32. The zero-order chi connectivity index (χ0) is 25.5. The molecule has 0 unspecified atom stereocenters. The first-order valence-corrected chi connectivity index (χ1v) is 13.4. The second-order valence-electron chi connectivity index (χ2n) is 9.89. The van der Waals surface area contributed by atoms with Crippen LogP contribution >= 0.6 is 0 Å². The van der Waals surface area contributed by atoms with Crippen LogP contribution in [0.1, 0.15) is 68.6 Å². The third kappa shape index (κ3) is 5.86. The van der Waals surface area contributed by atoms with Crippen molar-refractivity contribution in [2.24, 2.45) is 0 Å². The fourth-order valence-corrected chi connectivity index (χ4v) is 5.56. The number of hydrogen-bond donors (Lipinski definition) is 2. The minimum absolute atomic E-state index is 0.0717. The first-order chi connectivity index (χ1) is 17.5. The van der Waals surface area contributed by atoms with Gasteiger partial charge in [-0.3, -0.25) is 4.79 Å². The van der Waals surface area contributed by atoms with E-state index in [0.717, 1.165) is 36.0 Å². The van der Waals surface area contributed by atoms with E-state index in [9.17, 15) is 4.79 Å². The molecule has 194 valence electrons. The molecule has 36 heavy (non-hydrogen) atoms. The zero-order valence-electron chi connectivity index (χ0n) is 22.2. The Balaban J connectivity index is 1.52. The number of H-pyrrole nitrogens is 1. The molecule has 0 spiro atoms. The van der Waals surface area contributed by atoms with Gasteiger partial charge in [0.15, 0.2) is 11.5 Å². The summed E-state index contributed by atoms with van der Waals surface area (Å²) in [6.45, 7) is 7.41. The third-order valence-electron chi connectivity index (χ3n) is 7.67. The molecule has 6 nitrogen and oxygen atoms in total. The van der Waals surface area contributed by atoms with Gasteiger partial charge >= 0.3 is 0 Å². The molecule has 2 aromatic carbocycles. The van der Waals surface area contributed by atoms with Gasteiger partial charge in [0, 0.05) is 48.6 Å². The Morgan fingerprint density at radius 2 is 2.00 bits per heavy atom. The number of fused-ring (bicyclic) bond motifs is 1. The molecule has 6 heteroatoms. The number of amides is 1. The van der Waals surface area contributed by atoms with Crippen LogP contribution in [0.25, 0.3) is 10.9 Å². The van der Waals surface area contributed by atoms with Crippen LogP contribution in [0.15, 0.2) is 42.6 Å². The van der Waals surface area contributed by atoms with Crippen LogP contribution in [-0.2, 0) is 11.2 Å². The summed E-state index contributed by atoms with van der Waals surface area (Å²) in [4.78, 5) is 19.2. The number of para-hydroxylation sites is 1. The lowest BCUT2D eigenvalue weighted by atomic mass is 9.87. The van der Waals surface area contributed by atoms with Crippen molar-refractivity contribution >= 4 is 16.8 Å². The van der Waals surface area contributed by atoms with Crippen molar-refractivity contribution in [3.05, 3.63) is 59.3 Å². The van der Waals surface area contributed by atoms with Crippen molar-refractivity contribution in [1.29, 1.82) is 0 Å². The summed E-state index contributed by atoms with van der Waals surface area (Å²) in [6.07, 6.45) is 8.27. The summed E-state index contributed by atoms with van der Waals surface area (Å²) in [7, 11) is 3.28. The van der Waals surface area contributed by atoms with E-state index in [1.54, 1.807) is 14.2 Å². The van der Waals surface area contributed by atoms with Crippen molar-refractivity contribution in [3.8, 4) is 11.5 Å². The van der Waals surface area contributed by atoms with Gasteiger partial charge in [0.05, 0.1) is 14.2 Å². The summed E-state index contributed by atoms with van der Waals surface area (Å²) in [6, 6.07) is 13.0. The van der Waals surface area contributed by atoms with Crippen molar-refractivity contribution in [3.63, 3.8) is 0 Å². The molecular formula is C30H41N3O3. The molecule has 1 aliphatic rings. The summed E-state index contributed by atoms with van der Waals surface area (Å²) in [5.41, 5.74) is 4.59. The number of piperidine rings is 1. The van der Waals surface area contributed by atoms with Crippen molar-refractivity contribution in [2.45, 2.75) is 64.3 Å². The maximum atomic E-state index is 13.2. The molecule has 1 saturated heterocycles. The lowest BCUT2D eigenvalue weighted by Gasteiger charge is -2.33. The number of aryl methyl sites for hydroxylation is 1. The molecule has 1 aliphatic heterocycles. The van der Waals surface area contributed by atoms with E-state index in [1.165, 1.54) is 36.8 Å². The number of likely N-dealkylation sites (tertiary alicyclic amines) is 1. The Bertz CT molecular complexity index is 1160. The van der Waals surface area contributed by atoms with Crippen molar-refractivity contribution in [2.75, 3.05) is 33.9 Å². The number of carbonyl (C=O) groups excluding carboxylic acids is 1. The molecule has 2 N–H and O–H groups in total. The third-order valence-corrected chi connectivity index (χ3v) is 7.67. The smallest absolute Gasteiger partial charge is 0.220 e. The number of benzene rings is 2. The summed E-state index contributed by atoms with van der Waals surface area (Å²) >= 11 is 0. The Morgan fingerprint density at radius 1 is 1.17 bits per heavy atom. The lowest BCUT2D eigenvalue weighted by molar-refractivity contribution is -0.121. The van der Waals surface area contributed by atoms with Crippen molar-refractivity contribution in [1.82, 2.24) is 15.2 Å². The Labute approximate surface area is 215 Å². The van der Waals surface area contributed by atoms with Gasteiger partial charge in [-0.15, -0.1) is 0 Å². The monoisotopic (exact) mass is 491 g/mol. The molecule has 2 atom stereocenters. The molecule has 4 rings (SSSR count). The molecule has 0 saturated carbocycles. The second-order valence-corrected chi connectivity index (χ2v) is 9.89. The molecule has 0 aliphatic carbocycles. The van der Waals surface area contributed by atoms with Crippen LogP contribution in [0, 0.1) is 0 Å². The fourth-order valence-electron chi connectivity index (χ4n) is 5.56. The minimum Gasteiger partial charge on any atom is -0.493 e. The molecule has 3 aromatic rings. The predicted octanol–water partition coefficient (Wildman–Crippen LogP) is 5.65. The van der Waals surface area contributed by atoms with Crippen LogP contribution < -0.4 is 14.8 Å². The number of hydrogen-bond acceptors (Lipinski definition) is 4. The van der Waals surface area contributed by atoms with Gasteiger partial charge < -0.3 is 24.7 Å². The molecule has 0 radical (unpaired) electrons. The zero-order valence-corrected chi connectivity index (χ0v) is 22.2. The van der Waals surface area contributed by atoms with Gasteiger partial charge in [-0.05, 0) is 68.0 Å². The number of methoxy groups -OCH3 is 2. The highest BCUT2D eigenvalue weighted by Gasteiger charge is 2.24. The van der Waals surface area contributed by atoms with Gasteiger partial charge in [0.25, 0.3) is 0 Å². The van der Waals surface area contributed by atoms with E-state index in [-0.39, 0.29) is 11.8 Å². The SMILES string of the molecule is CCc1cccc2c([C@@H](CC(=O)NCCCN3CCCC[C@@H]3C)c3ccc(OC)c(OC)c3)c[nH]c12. The highest BCUT2D eigenvalue weighted by Crippen LogP contribution is 2.38. The Kier molecular flexibility index (Phi) is 8.92. The summed E-state index contributed by atoms with van der Waals surface area (Å²) < 4.78 is 11.0. The van der Waals surface area contributed by atoms with E-state index in [1.807, 2.05) is 18.2 Å². The molecule has 1 amide bonds. The predicted molar refractivity (Wildman–Crippen MR) is 146 cm³/mol. The number of carbonyl (C=O) groups is 1. The maximum Gasteiger partial charge on any atom is 0.220 e. The highest BCUT2D eigenvalue weighted by molar-refractivity contribution is 5.88. The standard InChI is InChI=1S/C30H41N3O3/c1-5-22-11-8-12-24-26(20-32-30(22)24)25(23-13-14-27(35-3)28(18-23)36-4)19-29(34)31-15-9-17-33-16-7-6-10-21(33)2/h8,11-14,18,20-21,25,32H,5-7,9-10,15-17,19H2,1-4H3,(H,31,34)/t21-,25-/m0/s1. The van der Waals surface area contributed by atoms with Crippen LogP contribution in [0.2, 0.25) is 0 Å². The Hall–Kier alpha value is -2.99. The van der Waals surface area contributed by atoms with Gasteiger partial charge in [0.1, 0.15) is 0 Å². The number of rotatable bonds is 11. The van der Waals surface area contributed by atoms with Crippen LogP contribution in [0.3, 0.4) is 0 Å². The van der Waals surface area contributed by atoms with Crippen LogP contribution in [0.4, 0.5) is 0 Å². The first-order valence-electron chi connectivity index (χ1n) is 13.4. The van der Waals surface area contributed by atoms with Crippen LogP contribution in [-0.4, -0.2) is 55.7 Å². The fraction of sp³-hybridized carbons (Fsp3) is 0.500. The van der Waals surface area contributed by atoms with Crippen LogP contribution in [0.5, 0.6) is 11.5 Å². The average molecular weight is 492 g/mol. The second kappa shape index (κ2) is 12.3. The van der Waals surface area contributed by atoms with E-state index in [4.69, 9.17) is 9.47 Å². The van der Waals surface area contributed by atoms with E-state index >= 15 is 0 Å². The number of nitrogens with zero attached hydrogens (tertiary/aromatic N) is 1. The Morgan fingerprint density at radius 3 is 2.75 bits per heavy atom. The molecule has 1 fully saturated rings. The van der Waals surface area contributed by atoms with E-state index < -0.39 is 0 Å². The summed E-state index contributed by atoms with van der Waals surface area (Å²) in [5, 5.41) is 4.36.